The lowest BCUT2D eigenvalue weighted by atomic mass is 9.85. The Labute approximate surface area is 89.8 Å². The molecule has 0 aliphatic heterocycles. The maximum absolute atomic E-state index is 11.2. The van der Waals surface area contributed by atoms with E-state index in [9.17, 15) is 9.59 Å². The summed E-state index contributed by atoms with van der Waals surface area (Å²) in [6.07, 6.45) is 2.97. The summed E-state index contributed by atoms with van der Waals surface area (Å²) in [5.74, 6) is 1.28. The van der Waals surface area contributed by atoms with E-state index in [0.717, 1.165) is 18.6 Å². The molecule has 80 valence electrons. The van der Waals surface area contributed by atoms with E-state index in [1.54, 1.807) is 0 Å². The monoisotopic (exact) mass is 214 g/mol. The lowest BCUT2D eigenvalue weighted by Crippen LogP contribution is -2.26. The molecule has 2 nitrogen and oxygen atoms in total. The number of ketones is 2. The van der Waals surface area contributed by atoms with Crippen LogP contribution in [0.15, 0.2) is 0 Å². The molecular formula is C11H18O2S. The van der Waals surface area contributed by atoms with Gasteiger partial charge in [0.1, 0.15) is 0 Å². The van der Waals surface area contributed by atoms with Gasteiger partial charge in [-0.05, 0) is 24.5 Å². The average Bonchev–Trinajstić information content (AvgIpc) is 2.12. The van der Waals surface area contributed by atoms with E-state index in [0.29, 0.717) is 24.0 Å². The Morgan fingerprint density at radius 2 is 2.14 bits per heavy atom. The number of thioether (sulfide) groups is 1. The standard InChI is InChI=1S/C11H18O2S/c1-3-14-8(2)6-9-4-5-10(12)11(13)7-9/h8-9H,3-7H2,1-2H3. The fourth-order valence-electron chi connectivity index (χ4n) is 1.98. The first kappa shape index (κ1) is 11.8. The van der Waals surface area contributed by atoms with Crippen molar-refractivity contribution in [2.75, 3.05) is 5.75 Å². The number of Topliss-reactive ketones (excluding diaryl/α,β-unsaturated/α-hetero) is 2. The van der Waals surface area contributed by atoms with Gasteiger partial charge in [0.2, 0.25) is 0 Å². The lowest BCUT2D eigenvalue weighted by molar-refractivity contribution is -0.139. The third kappa shape index (κ3) is 3.45. The van der Waals surface area contributed by atoms with Gasteiger partial charge in [-0.3, -0.25) is 9.59 Å². The molecule has 0 bridgehead atoms. The number of hydrogen-bond donors (Lipinski definition) is 0. The maximum atomic E-state index is 11.2. The van der Waals surface area contributed by atoms with Gasteiger partial charge in [-0.15, -0.1) is 0 Å². The van der Waals surface area contributed by atoms with E-state index in [2.05, 4.69) is 13.8 Å². The predicted molar refractivity (Wildman–Crippen MR) is 59.6 cm³/mol. The van der Waals surface area contributed by atoms with E-state index in [1.165, 1.54) is 0 Å². The first-order valence-electron chi connectivity index (χ1n) is 5.31. The Kier molecular flexibility index (Phi) is 4.66. The molecule has 0 heterocycles. The van der Waals surface area contributed by atoms with Crippen LogP contribution in [0, 0.1) is 5.92 Å². The SMILES string of the molecule is CCSC(C)CC1CCC(=O)C(=O)C1. The van der Waals surface area contributed by atoms with E-state index in [4.69, 9.17) is 0 Å². The first-order chi connectivity index (χ1) is 6.63. The van der Waals surface area contributed by atoms with Crippen molar-refractivity contribution in [3.63, 3.8) is 0 Å². The van der Waals surface area contributed by atoms with Crippen molar-refractivity contribution in [2.45, 2.75) is 44.8 Å². The highest BCUT2D eigenvalue weighted by atomic mass is 32.2. The lowest BCUT2D eigenvalue weighted by Gasteiger charge is -2.22. The quantitative estimate of drug-likeness (QED) is 0.674. The molecule has 1 aliphatic carbocycles. The minimum absolute atomic E-state index is 0.144. The van der Waals surface area contributed by atoms with Crippen molar-refractivity contribution in [1.82, 2.24) is 0 Å². The molecule has 0 aromatic rings. The summed E-state index contributed by atoms with van der Waals surface area (Å²) in [7, 11) is 0. The maximum Gasteiger partial charge on any atom is 0.198 e. The van der Waals surface area contributed by atoms with Gasteiger partial charge in [-0.25, -0.2) is 0 Å². The minimum Gasteiger partial charge on any atom is -0.291 e. The molecule has 1 fully saturated rings. The molecule has 0 amide bonds. The largest absolute Gasteiger partial charge is 0.291 e. The van der Waals surface area contributed by atoms with Crippen molar-refractivity contribution in [2.24, 2.45) is 5.92 Å². The van der Waals surface area contributed by atoms with Gasteiger partial charge in [0.25, 0.3) is 0 Å². The Morgan fingerprint density at radius 1 is 1.43 bits per heavy atom. The molecule has 2 unspecified atom stereocenters. The van der Waals surface area contributed by atoms with Crippen LogP contribution in [0.1, 0.15) is 39.5 Å². The van der Waals surface area contributed by atoms with E-state index in [1.807, 2.05) is 11.8 Å². The van der Waals surface area contributed by atoms with Crippen molar-refractivity contribution < 1.29 is 9.59 Å². The Hall–Kier alpha value is -0.310. The highest BCUT2D eigenvalue weighted by Crippen LogP contribution is 2.27. The number of carbonyl (C=O) groups is 2. The molecule has 0 saturated heterocycles. The van der Waals surface area contributed by atoms with E-state index >= 15 is 0 Å². The van der Waals surface area contributed by atoms with Crippen LogP contribution < -0.4 is 0 Å². The summed E-state index contributed by atoms with van der Waals surface area (Å²) < 4.78 is 0. The molecule has 14 heavy (non-hydrogen) atoms. The molecular weight excluding hydrogens is 196 g/mol. The van der Waals surface area contributed by atoms with Crippen molar-refractivity contribution >= 4 is 23.3 Å². The molecule has 1 saturated carbocycles. The molecule has 0 radical (unpaired) electrons. The normalized spacial score (nSPS) is 25.1. The summed E-state index contributed by atoms with van der Waals surface area (Å²) >= 11 is 1.93. The average molecular weight is 214 g/mol. The van der Waals surface area contributed by atoms with Crippen molar-refractivity contribution in [3.05, 3.63) is 0 Å². The van der Waals surface area contributed by atoms with Gasteiger partial charge in [0.05, 0.1) is 0 Å². The minimum atomic E-state index is -0.156. The molecule has 0 aromatic carbocycles. The molecule has 3 heteroatoms. The van der Waals surface area contributed by atoms with Gasteiger partial charge in [-0.2, -0.15) is 11.8 Å². The van der Waals surface area contributed by atoms with Gasteiger partial charge in [0.15, 0.2) is 11.6 Å². The third-order valence-electron chi connectivity index (χ3n) is 2.68. The summed E-state index contributed by atoms with van der Waals surface area (Å²) in [6, 6.07) is 0. The summed E-state index contributed by atoms with van der Waals surface area (Å²) in [6.45, 7) is 4.35. The Balaban J connectivity index is 2.32. The second-order valence-corrected chi connectivity index (χ2v) is 5.67. The number of hydrogen-bond acceptors (Lipinski definition) is 3. The van der Waals surface area contributed by atoms with Crippen molar-refractivity contribution in [3.8, 4) is 0 Å². The second kappa shape index (κ2) is 5.54. The van der Waals surface area contributed by atoms with Crippen LogP contribution in [-0.2, 0) is 9.59 Å². The predicted octanol–water partition coefficient (Wildman–Crippen LogP) is 2.46. The Bertz CT molecular complexity index is 225. The van der Waals surface area contributed by atoms with E-state index in [-0.39, 0.29) is 11.6 Å². The van der Waals surface area contributed by atoms with Gasteiger partial charge in [0, 0.05) is 18.1 Å². The number of rotatable bonds is 4. The van der Waals surface area contributed by atoms with Gasteiger partial charge < -0.3 is 0 Å². The zero-order chi connectivity index (χ0) is 10.6. The molecule has 1 rings (SSSR count). The van der Waals surface area contributed by atoms with Crippen LogP contribution in [0.2, 0.25) is 0 Å². The molecule has 0 aromatic heterocycles. The zero-order valence-electron chi connectivity index (χ0n) is 8.91. The third-order valence-corrected chi connectivity index (χ3v) is 3.78. The topological polar surface area (TPSA) is 34.1 Å². The molecule has 2 atom stereocenters. The highest BCUT2D eigenvalue weighted by molar-refractivity contribution is 7.99. The summed E-state index contributed by atoms with van der Waals surface area (Å²) in [5.41, 5.74) is 0. The fourth-order valence-corrected chi connectivity index (χ4v) is 2.95. The zero-order valence-corrected chi connectivity index (χ0v) is 9.73. The molecule has 0 N–H and O–H groups in total. The fraction of sp³-hybridized carbons (Fsp3) is 0.818. The van der Waals surface area contributed by atoms with Crippen LogP contribution in [0.3, 0.4) is 0 Å². The summed E-state index contributed by atoms with van der Waals surface area (Å²) in [4.78, 5) is 22.2. The van der Waals surface area contributed by atoms with E-state index < -0.39 is 0 Å². The van der Waals surface area contributed by atoms with Crippen LogP contribution >= 0.6 is 11.8 Å². The number of carbonyl (C=O) groups excluding carboxylic acids is 2. The molecule has 0 spiro atoms. The van der Waals surface area contributed by atoms with Gasteiger partial charge in [-0.1, -0.05) is 13.8 Å². The Morgan fingerprint density at radius 3 is 2.71 bits per heavy atom. The van der Waals surface area contributed by atoms with Crippen molar-refractivity contribution in [1.29, 1.82) is 0 Å². The summed E-state index contributed by atoms with van der Waals surface area (Å²) in [5, 5.41) is 0.617. The molecule has 1 aliphatic rings. The first-order valence-corrected chi connectivity index (χ1v) is 6.36. The van der Waals surface area contributed by atoms with Crippen LogP contribution in [0.5, 0.6) is 0 Å². The van der Waals surface area contributed by atoms with Crippen LogP contribution in [-0.4, -0.2) is 22.6 Å². The van der Waals surface area contributed by atoms with Crippen LogP contribution in [0.4, 0.5) is 0 Å². The highest BCUT2D eigenvalue weighted by Gasteiger charge is 2.27. The smallest absolute Gasteiger partial charge is 0.198 e. The van der Waals surface area contributed by atoms with Crippen LogP contribution in [0.25, 0.3) is 0 Å². The second-order valence-electron chi connectivity index (χ2n) is 3.96. The van der Waals surface area contributed by atoms with Gasteiger partial charge >= 0.3 is 0 Å².